The summed E-state index contributed by atoms with van der Waals surface area (Å²) in [5, 5.41) is 23.0. The van der Waals surface area contributed by atoms with Crippen LogP contribution in [0.4, 0.5) is 11.4 Å². The Bertz CT molecular complexity index is 1070. The first kappa shape index (κ1) is 17.2. The zero-order valence-corrected chi connectivity index (χ0v) is 14.8. The molecule has 0 bridgehead atoms. The van der Waals surface area contributed by atoms with E-state index in [0.717, 1.165) is 22.3 Å². The van der Waals surface area contributed by atoms with Gasteiger partial charge in [-0.2, -0.15) is 0 Å². The Kier molecular flexibility index (Phi) is 4.67. The van der Waals surface area contributed by atoms with Gasteiger partial charge < -0.3 is 11.5 Å². The van der Waals surface area contributed by atoms with E-state index in [4.69, 9.17) is 11.5 Å². The van der Waals surface area contributed by atoms with Crippen molar-refractivity contribution in [3.8, 4) is 22.5 Å². The van der Waals surface area contributed by atoms with Crippen LogP contribution in [0.25, 0.3) is 34.7 Å². The number of rotatable bonds is 4. The molecule has 28 heavy (non-hydrogen) atoms. The minimum Gasteiger partial charge on any atom is -0.396 e. The van der Waals surface area contributed by atoms with Crippen LogP contribution >= 0.6 is 0 Å². The van der Waals surface area contributed by atoms with Gasteiger partial charge >= 0.3 is 0 Å². The van der Waals surface area contributed by atoms with Crippen LogP contribution in [0, 0.1) is 0 Å². The second-order valence-corrected chi connectivity index (χ2v) is 5.98. The summed E-state index contributed by atoms with van der Waals surface area (Å²) in [7, 11) is 0. The first-order valence-corrected chi connectivity index (χ1v) is 8.48. The van der Waals surface area contributed by atoms with Crippen LogP contribution in [-0.4, -0.2) is 30.8 Å². The number of nitrogens with two attached hydrogens (primary N) is 2. The van der Waals surface area contributed by atoms with Gasteiger partial charge in [0.05, 0.1) is 23.8 Å². The molecule has 136 valence electrons. The Balaban J connectivity index is 1.77. The highest BCUT2D eigenvalue weighted by Crippen LogP contribution is 2.29. The number of nitrogen functional groups attached to an aromatic ring is 2. The van der Waals surface area contributed by atoms with E-state index in [-0.39, 0.29) is 0 Å². The van der Waals surface area contributed by atoms with Crippen molar-refractivity contribution in [2.24, 2.45) is 0 Å². The van der Waals surface area contributed by atoms with Crippen molar-refractivity contribution in [2.45, 2.75) is 0 Å². The molecular formula is C20H16N8. The molecule has 4 N–H and O–H groups in total. The van der Waals surface area contributed by atoms with Gasteiger partial charge in [0.15, 0.2) is 0 Å². The van der Waals surface area contributed by atoms with E-state index in [0.29, 0.717) is 22.8 Å². The lowest BCUT2D eigenvalue weighted by Gasteiger charge is -2.08. The molecule has 4 rings (SSSR count). The Morgan fingerprint density at radius 3 is 1.46 bits per heavy atom. The number of hydrogen-bond donors (Lipinski definition) is 2. The third-order valence-electron chi connectivity index (χ3n) is 4.21. The van der Waals surface area contributed by atoms with Gasteiger partial charge in [0.2, 0.25) is 0 Å². The Morgan fingerprint density at radius 2 is 1.04 bits per heavy atom. The van der Waals surface area contributed by atoms with Crippen molar-refractivity contribution in [1.29, 1.82) is 0 Å². The molecule has 0 unspecified atom stereocenters. The second-order valence-electron chi connectivity index (χ2n) is 5.98. The molecule has 0 radical (unpaired) electrons. The summed E-state index contributed by atoms with van der Waals surface area (Å²) >= 11 is 0. The molecule has 0 saturated carbocycles. The molecule has 8 nitrogen and oxygen atoms in total. The average Bonchev–Trinajstić information content (AvgIpc) is 2.74. The second kappa shape index (κ2) is 7.58. The van der Waals surface area contributed by atoms with Crippen LogP contribution in [0.2, 0.25) is 0 Å². The van der Waals surface area contributed by atoms with E-state index in [9.17, 15) is 0 Å². The smallest absolute Gasteiger partial charge is 0.120 e. The fourth-order valence-electron chi connectivity index (χ4n) is 2.87. The third-order valence-corrected chi connectivity index (χ3v) is 4.21. The van der Waals surface area contributed by atoms with Gasteiger partial charge in [-0.1, -0.05) is 60.7 Å². The van der Waals surface area contributed by atoms with E-state index in [1.165, 1.54) is 12.4 Å². The summed E-state index contributed by atoms with van der Waals surface area (Å²) in [5.41, 5.74) is 17.8. The molecule has 0 aliphatic rings. The van der Waals surface area contributed by atoms with E-state index in [1.54, 1.807) is 0 Å². The van der Waals surface area contributed by atoms with Gasteiger partial charge in [0, 0.05) is 11.1 Å². The van der Waals surface area contributed by atoms with E-state index in [1.807, 2.05) is 60.7 Å². The summed E-state index contributed by atoms with van der Waals surface area (Å²) in [6.45, 7) is 0. The number of benzene rings is 2. The monoisotopic (exact) mass is 368 g/mol. The van der Waals surface area contributed by atoms with Crippen LogP contribution in [0.3, 0.4) is 0 Å². The molecule has 8 heteroatoms. The van der Waals surface area contributed by atoms with Crippen molar-refractivity contribution in [2.75, 3.05) is 11.5 Å². The molecule has 0 aliphatic heterocycles. The fourth-order valence-corrected chi connectivity index (χ4v) is 2.87. The molecule has 0 aliphatic carbocycles. The summed E-state index contributed by atoms with van der Waals surface area (Å²) in [6.07, 6.45) is 6.95. The Morgan fingerprint density at radius 1 is 0.607 bits per heavy atom. The average molecular weight is 368 g/mol. The molecular weight excluding hydrogens is 352 g/mol. The molecule has 2 aromatic heterocycles. The highest BCUT2D eigenvalue weighted by Gasteiger charge is 2.10. The highest BCUT2D eigenvalue weighted by atomic mass is 15.3. The number of aromatic nitrogens is 6. The maximum Gasteiger partial charge on any atom is 0.120 e. The lowest BCUT2D eigenvalue weighted by atomic mass is 9.99. The van der Waals surface area contributed by atoms with E-state index >= 15 is 0 Å². The van der Waals surface area contributed by atoms with Crippen LogP contribution < -0.4 is 11.5 Å². The molecule has 0 spiro atoms. The van der Waals surface area contributed by atoms with Gasteiger partial charge in [-0.25, -0.2) is 0 Å². The highest BCUT2D eigenvalue weighted by molar-refractivity contribution is 5.87. The predicted octanol–water partition coefficient (Wildman–Crippen LogP) is 2.73. The first-order chi connectivity index (χ1) is 13.7. The topological polar surface area (TPSA) is 129 Å². The lowest BCUT2D eigenvalue weighted by molar-refractivity contribution is 0.874. The summed E-state index contributed by atoms with van der Waals surface area (Å²) in [5.74, 6) is 0. The normalized spacial score (nSPS) is 11.0. The van der Waals surface area contributed by atoms with Crippen molar-refractivity contribution in [3.05, 3.63) is 72.1 Å². The summed E-state index contributed by atoms with van der Waals surface area (Å²) < 4.78 is 0. The minimum absolute atomic E-state index is 0.469. The van der Waals surface area contributed by atoms with E-state index < -0.39 is 0 Å². The summed E-state index contributed by atoms with van der Waals surface area (Å²) in [6, 6.07) is 15.6. The lowest BCUT2D eigenvalue weighted by Crippen LogP contribution is -1.99. The summed E-state index contributed by atoms with van der Waals surface area (Å²) in [4.78, 5) is 0. The van der Waals surface area contributed by atoms with Gasteiger partial charge in [-0.05, 0) is 21.6 Å². The van der Waals surface area contributed by atoms with Crippen molar-refractivity contribution in [3.63, 3.8) is 0 Å². The SMILES string of the molecule is Nc1cnnnc1-c1ccccc1/C=C/c1ccccc1-c1nnncc1N. The van der Waals surface area contributed by atoms with Gasteiger partial charge in [-0.3, -0.25) is 0 Å². The Hall–Kier alpha value is -4.20. The van der Waals surface area contributed by atoms with Crippen LogP contribution in [-0.2, 0) is 0 Å². The van der Waals surface area contributed by atoms with Crippen molar-refractivity contribution >= 4 is 23.5 Å². The largest absolute Gasteiger partial charge is 0.396 e. The molecule has 0 atom stereocenters. The molecule has 0 saturated heterocycles. The number of nitrogens with zero attached hydrogens (tertiary/aromatic N) is 6. The standard InChI is InChI=1S/C20H16N8/c21-17-11-23-27-25-19(17)15-7-3-1-5-13(15)9-10-14-6-2-4-8-16(14)20-18(22)12-24-28-26-20/h1-12H,(H2,21,27)(H2,22,28)/b10-9+. The quantitative estimate of drug-likeness (QED) is 0.526. The molecule has 0 amide bonds. The molecule has 2 heterocycles. The fraction of sp³-hybridized carbons (Fsp3) is 0. The number of anilines is 2. The third kappa shape index (κ3) is 3.38. The maximum absolute atomic E-state index is 6.02. The van der Waals surface area contributed by atoms with Crippen molar-refractivity contribution < 1.29 is 0 Å². The zero-order valence-electron chi connectivity index (χ0n) is 14.8. The minimum atomic E-state index is 0.469. The van der Waals surface area contributed by atoms with Crippen LogP contribution in [0.5, 0.6) is 0 Å². The van der Waals surface area contributed by atoms with Gasteiger partial charge in [-0.15, -0.1) is 20.4 Å². The van der Waals surface area contributed by atoms with E-state index in [2.05, 4.69) is 30.8 Å². The van der Waals surface area contributed by atoms with Crippen molar-refractivity contribution in [1.82, 2.24) is 30.8 Å². The molecule has 4 aromatic rings. The Labute approximate surface area is 161 Å². The van der Waals surface area contributed by atoms with Gasteiger partial charge in [0.1, 0.15) is 11.4 Å². The maximum atomic E-state index is 6.02. The predicted molar refractivity (Wildman–Crippen MR) is 108 cm³/mol. The van der Waals surface area contributed by atoms with Crippen LogP contribution in [0.1, 0.15) is 11.1 Å². The van der Waals surface area contributed by atoms with Gasteiger partial charge in [0.25, 0.3) is 0 Å². The first-order valence-electron chi connectivity index (χ1n) is 8.48. The number of hydrogen-bond acceptors (Lipinski definition) is 8. The zero-order chi connectivity index (χ0) is 19.3. The molecule has 2 aromatic carbocycles. The molecule has 0 fully saturated rings. The van der Waals surface area contributed by atoms with Crippen LogP contribution in [0.15, 0.2) is 60.9 Å².